The molecule has 0 spiro atoms. The van der Waals surface area contributed by atoms with E-state index in [0.29, 0.717) is 35.1 Å². The fraction of sp³-hybridized carbons (Fsp3) is 0. The van der Waals surface area contributed by atoms with Gasteiger partial charge in [-0.15, -0.1) is 0 Å². The highest BCUT2D eigenvalue weighted by atomic mass is 15.2. The van der Waals surface area contributed by atoms with Crippen LogP contribution in [-0.2, 0) is 0 Å². The van der Waals surface area contributed by atoms with Gasteiger partial charge in [0.05, 0.1) is 22.1 Å². The second-order valence-corrected chi connectivity index (χ2v) is 16.4. The molecule has 0 aliphatic carbocycles. The van der Waals surface area contributed by atoms with Crippen LogP contribution in [0.1, 0.15) is 0 Å². The van der Waals surface area contributed by atoms with Gasteiger partial charge in [0, 0.05) is 55.0 Å². The van der Waals surface area contributed by atoms with Crippen molar-refractivity contribution in [1.29, 1.82) is 0 Å². The number of benzene rings is 9. The molecule has 0 aliphatic heterocycles. The van der Waals surface area contributed by atoms with Gasteiger partial charge in [-0.1, -0.05) is 170 Å². The summed E-state index contributed by atoms with van der Waals surface area (Å²) in [6, 6.07) is 75.2. The molecular weight excluding hydrogens is 809 g/mol. The Morgan fingerprint density at radius 3 is 1.33 bits per heavy atom. The molecule has 0 atom stereocenters. The Morgan fingerprint density at radius 1 is 0.273 bits per heavy atom. The van der Waals surface area contributed by atoms with Gasteiger partial charge >= 0.3 is 0 Å². The van der Waals surface area contributed by atoms with E-state index < -0.39 is 0 Å². The van der Waals surface area contributed by atoms with Crippen LogP contribution in [-0.4, -0.2) is 39.0 Å². The summed E-state index contributed by atoms with van der Waals surface area (Å²) in [6.45, 7) is 0. The monoisotopic (exact) mass is 844 g/mol. The molecule has 0 unspecified atom stereocenters. The van der Waals surface area contributed by atoms with Gasteiger partial charge < -0.3 is 4.57 Å². The van der Waals surface area contributed by atoms with Gasteiger partial charge in [-0.2, -0.15) is 9.97 Å². The molecule has 13 aromatic rings. The van der Waals surface area contributed by atoms with Gasteiger partial charge in [-0.25, -0.2) is 19.9 Å². The van der Waals surface area contributed by atoms with Crippen LogP contribution >= 0.6 is 0 Å². The molecule has 0 saturated carbocycles. The molecule has 0 fully saturated rings. The van der Waals surface area contributed by atoms with E-state index in [9.17, 15) is 0 Å². The van der Waals surface area contributed by atoms with Crippen molar-refractivity contribution in [2.24, 2.45) is 0 Å². The predicted molar refractivity (Wildman–Crippen MR) is 267 cm³/mol. The lowest BCUT2D eigenvalue weighted by atomic mass is 10.1. The SMILES string of the molecule is c1ccc(-c2nc(-c3ccc(-n4c5ccccc5c5c4ccc4c6ccccc6n(-c6nc(-c7ccccc7)nc(-c7ccccc7)n6)c45)cc3)nc(-c3ccc4ccccc4c3)n2)cc1. The molecule has 0 bridgehead atoms. The summed E-state index contributed by atoms with van der Waals surface area (Å²) in [5.41, 5.74) is 9.80. The zero-order valence-electron chi connectivity index (χ0n) is 35.4. The molecule has 0 amide bonds. The molecule has 308 valence electrons. The van der Waals surface area contributed by atoms with Crippen molar-refractivity contribution in [3.8, 4) is 68.6 Å². The van der Waals surface area contributed by atoms with Crippen molar-refractivity contribution in [1.82, 2.24) is 39.0 Å². The molecule has 4 heterocycles. The van der Waals surface area contributed by atoms with E-state index in [0.717, 1.165) is 82.5 Å². The van der Waals surface area contributed by atoms with Crippen molar-refractivity contribution in [3.05, 3.63) is 218 Å². The quantitative estimate of drug-likeness (QED) is 0.159. The van der Waals surface area contributed by atoms with E-state index in [1.165, 1.54) is 5.39 Å². The third-order valence-corrected chi connectivity index (χ3v) is 12.4. The summed E-state index contributed by atoms with van der Waals surface area (Å²) in [5, 5.41) is 6.77. The first-order valence-electron chi connectivity index (χ1n) is 22.0. The Hall–Kier alpha value is -9.14. The highest BCUT2D eigenvalue weighted by molar-refractivity contribution is 6.26. The number of nitrogens with zero attached hydrogens (tertiary/aromatic N) is 8. The molecule has 0 N–H and O–H groups in total. The zero-order valence-corrected chi connectivity index (χ0v) is 35.4. The van der Waals surface area contributed by atoms with Crippen LogP contribution < -0.4 is 0 Å². The van der Waals surface area contributed by atoms with Crippen molar-refractivity contribution in [3.63, 3.8) is 0 Å². The van der Waals surface area contributed by atoms with Gasteiger partial charge in [0.1, 0.15) is 0 Å². The summed E-state index contributed by atoms with van der Waals surface area (Å²) in [5.74, 6) is 3.63. The Morgan fingerprint density at radius 2 is 0.727 bits per heavy atom. The molecule has 9 aromatic carbocycles. The maximum atomic E-state index is 5.24. The topological polar surface area (TPSA) is 87.2 Å². The lowest BCUT2D eigenvalue weighted by Gasteiger charge is -2.12. The smallest absolute Gasteiger partial charge is 0.238 e. The zero-order chi connectivity index (χ0) is 43.6. The summed E-state index contributed by atoms with van der Waals surface area (Å²) < 4.78 is 4.57. The Balaban J connectivity index is 1.00. The van der Waals surface area contributed by atoms with E-state index >= 15 is 0 Å². The fourth-order valence-electron chi connectivity index (χ4n) is 9.33. The van der Waals surface area contributed by atoms with E-state index in [1.807, 2.05) is 91.0 Å². The maximum absolute atomic E-state index is 5.24. The van der Waals surface area contributed by atoms with Crippen molar-refractivity contribution in [2.75, 3.05) is 0 Å². The molecular formula is C58H36N8. The molecule has 66 heavy (non-hydrogen) atoms. The highest BCUT2D eigenvalue weighted by Gasteiger charge is 2.23. The molecule has 8 heteroatoms. The minimum atomic E-state index is 0.554. The maximum Gasteiger partial charge on any atom is 0.238 e. The minimum absolute atomic E-state index is 0.554. The van der Waals surface area contributed by atoms with Crippen molar-refractivity contribution >= 4 is 54.4 Å². The molecule has 0 radical (unpaired) electrons. The average Bonchev–Trinajstić information content (AvgIpc) is 3.92. The average molecular weight is 845 g/mol. The summed E-state index contributed by atoms with van der Waals surface area (Å²) in [7, 11) is 0. The van der Waals surface area contributed by atoms with Gasteiger partial charge in [0.25, 0.3) is 0 Å². The van der Waals surface area contributed by atoms with E-state index in [-0.39, 0.29) is 0 Å². The molecule has 13 rings (SSSR count). The van der Waals surface area contributed by atoms with Crippen LogP contribution in [0.3, 0.4) is 0 Å². The predicted octanol–water partition coefficient (Wildman–Crippen LogP) is 13.7. The van der Waals surface area contributed by atoms with Crippen LogP contribution in [0.15, 0.2) is 218 Å². The summed E-state index contributed by atoms with van der Waals surface area (Å²) in [6.07, 6.45) is 0. The van der Waals surface area contributed by atoms with Crippen LogP contribution in [0.25, 0.3) is 123 Å². The van der Waals surface area contributed by atoms with E-state index in [4.69, 9.17) is 29.9 Å². The number of hydrogen-bond acceptors (Lipinski definition) is 6. The summed E-state index contributed by atoms with van der Waals surface area (Å²) in [4.78, 5) is 30.7. The number of fused-ring (bicyclic) bond motifs is 8. The lowest BCUT2D eigenvalue weighted by molar-refractivity contribution is 0.955. The fourth-order valence-corrected chi connectivity index (χ4v) is 9.33. The Bertz CT molecular complexity index is 3920. The number of para-hydroxylation sites is 2. The number of rotatable bonds is 7. The van der Waals surface area contributed by atoms with Crippen molar-refractivity contribution in [2.45, 2.75) is 0 Å². The normalized spacial score (nSPS) is 11.6. The van der Waals surface area contributed by atoms with Crippen LogP contribution in [0, 0.1) is 0 Å². The van der Waals surface area contributed by atoms with Gasteiger partial charge in [-0.3, -0.25) is 4.57 Å². The van der Waals surface area contributed by atoms with Crippen LogP contribution in [0.2, 0.25) is 0 Å². The Labute approximate surface area is 378 Å². The number of aromatic nitrogens is 8. The van der Waals surface area contributed by atoms with Crippen LogP contribution in [0.5, 0.6) is 0 Å². The van der Waals surface area contributed by atoms with Gasteiger partial charge in [-0.05, 0) is 59.3 Å². The van der Waals surface area contributed by atoms with Crippen LogP contribution in [0.4, 0.5) is 0 Å². The first kappa shape index (κ1) is 37.4. The number of hydrogen-bond donors (Lipinski definition) is 0. The molecule has 0 aliphatic rings. The third kappa shape index (κ3) is 6.23. The second kappa shape index (κ2) is 15.3. The largest absolute Gasteiger partial charge is 0.309 e. The standard InChI is InChI=1S/C58H36N8/c1-4-17-38(18-5-1)53-59-54(61-57(60-53)43-29-28-37-16-10-11-23-42(37)36-43)41-30-32-44(33-31-41)65-49-27-15-13-25-47(49)51-50(65)35-34-46-45-24-12-14-26-48(45)66(52(46)51)58-63-55(39-19-6-2-7-20-39)62-56(64-58)40-21-8-3-9-22-40/h1-36H. The van der Waals surface area contributed by atoms with Crippen molar-refractivity contribution < 1.29 is 0 Å². The first-order chi connectivity index (χ1) is 32.7. The van der Waals surface area contributed by atoms with E-state index in [2.05, 4.69) is 137 Å². The Kier molecular flexibility index (Phi) is 8.67. The first-order valence-corrected chi connectivity index (χ1v) is 22.0. The minimum Gasteiger partial charge on any atom is -0.309 e. The molecule has 8 nitrogen and oxygen atoms in total. The highest BCUT2D eigenvalue weighted by Crippen LogP contribution is 2.42. The van der Waals surface area contributed by atoms with Gasteiger partial charge in [0.15, 0.2) is 29.1 Å². The second-order valence-electron chi connectivity index (χ2n) is 16.4. The summed E-state index contributed by atoms with van der Waals surface area (Å²) >= 11 is 0. The lowest BCUT2D eigenvalue weighted by Crippen LogP contribution is -2.06. The van der Waals surface area contributed by atoms with E-state index in [1.54, 1.807) is 0 Å². The molecule has 4 aromatic heterocycles. The molecule has 0 saturated heterocycles. The third-order valence-electron chi connectivity index (χ3n) is 12.4. The van der Waals surface area contributed by atoms with Gasteiger partial charge in [0.2, 0.25) is 5.95 Å².